The van der Waals surface area contributed by atoms with Crippen LogP contribution in [0.1, 0.15) is 18.1 Å². The van der Waals surface area contributed by atoms with E-state index in [0.717, 1.165) is 13.0 Å². The predicted molar refractivity (Wildman–Crippen MR) is 61.2 cm³/mol. The largest absolute Gasteiger partial charge is 0.304 e. The molecule has 1 nitrogen and oxygen atoms in total. The van der Waals surface area contributed by atoms with Crippen molar-refractivity contribution in [2.75, 3.05) is 6.54 Å². The Morgan fingerprint density at radius 3 is 2.50 bits per heavy atom. The maximum Gasteiger partial charge on any atom is 0.0727 e. The summed E-state index contributed by atoms with van der Waals surface area (Å²) in [6.45, 7) is 5.08. The van der Waals surface area contributed by atoms with E-state index in [1.54, 1.807) is 0 Å². The van der Waals surface area contributed by atoms with Crippen molar-refractivity contribution in [1.82, 2.24) is 5.32 Å². The zero-order chi connectivity index (χ0) is 10.4. The Morgan fingerprint density at radius 2 is 2.00 bits per heavy atom. The zero-order valence-corrected chi connectivity index (χ0v) is 8.88. The third-order valence-corrected chi connectivity index (χ3v) is 2.21. The normalized spacial score (nSPS) is 12.1. The highest BCUT2D eigenvalue weighted by Crippen LogP contribution is 2.05. The molecule has 0 aromatic heterocycles. The summed E-state index contributed by atoms with van der Waals surface area (Å²) in [7, 11) is 0. The van der Waals surface area contributed by atoms with Crippen LogP contribution in [0.25, 0.3) is 0 Å². The second kappa shape index (κ2) is 5.47. The van der Waals surface area contributed by atoms with Gasteiger partial charge in [0.05, 0.1) is 6.04 Å². The molecule has 1 aromatic carbocycles. The van der Waals surface area contributed by atoms with E-state index >= 15 is 0 Å². The fourth-order valence-electron chi connectivity index (χ4n) is 1.40. The molecule has 0 radical (unpaired) electrons. The van der Waals surface area contributed by atoms with Gasteiger partial charge < -0.3 is 5.32 Å². The van der Waals surface area contributed by atoms with Gasteiger partial charge in [0.1, 0.15) is 0 Å². The fraction of sp³-hybridized carbons (Fsp3) is 0.385. The van der Waals surface area contributed by atoms with Crippen LogP contribution in [0.5, 0.6) is 0 Å². The number of terminal acetylenes is 1. The topological polar surface area (TPSA) is 12.0 Å². The number of hydrogen-bond acceptors (Lipinski definition) is 1. The van der Waals surface area contributed by atoms with Crippen LogP contribution in [-0.2, 0) is 6.42 Å². The lowest BCUT2D eigenvalue weighted by molar-refractivity contribution is 0.628. The molecule has 0 spiro atoms. The van der Waals surface area contributed by atoms with E-state index in [2.05, 4.69) is 49.4 Å². The van der Waals surface area contributed by atoms with Crippen molar-refractivity contribution in [1.29, 1.82) is 0 Å². The van der Waals surface area contributed by atoms with Crippen molar-refractivity contribution < 1.29 is 0 Å². The average molecular weight is 187 g/mol. The second-order valence-corrected chi connectivity index (χ2v) is 3.47. The Balaban J connectivity index is 2.59. The van der Waals surface area contributed by atoms with E-state index in [1.165, 1.54) is 11.1 Å². The third-order valence-electron chi connectivity index (χ3n) is 2.21. The molecule has 1 N–H and O–H groups in total. The van der Waals surface area contributed by atoms with Crippen LogP contribution in [-0.4, -0.2) is 12.6 Å². The average Bonchev–Trinajstić information content (AvgIpc) is 2.20. The van der Waals surface area contributed by atoms with E-state index in [0.29, 0.717) is 0 Å². The molecule has 0 aliphatic carbocycles. The Kier molecular flexibility index (Phi) is 4.22. The van der Waals surface area contributed by atoms with Crippen LogP contribution in [0, 0.1) is 19.3 Å². The summed E-state index contributed by atoms with van der Waals surface area (Å²) >= 11 is 0. The van der Waals surface area contributed by atoms with Gasteiger partial charge in [-0.2, -0.15) is 0 Å². The minimum Gasteiger partial charge on any atom is -0.304 e. The van der Waals surface area contributed by atoms with Crippen molar-refractivity contribution in [2.24, 2.45) is 0 Å². The molecule has 0 saturated carbocycles. The minimum atomic E-state index is 0.155. The number of hydrogen-bond donors (Lipinski definition) is 1. The number of nitrogens with one attached hydrogen (secondary N) is 1. The lowest BCUT2D eigenvalue weighted by atomic mass is 10.1. The van der Waals surface area contributed by atoms with Crippen molar-refractivity contribution >= 4 is 0 Å². The molecule has 1 heteroatoms. The van der Waals surface area contributed by atoms with E-state index in [4.69, 9.17) is 6.42 Å². The van der Waals surface area contributed by atoms with Gasteiger partial charge in [-0.3, -0.25) is 0 Å². The first-order valence-electron chi connectivity index (χ1n) is 5.01. The highest BCUT2D eigenvalue weighted by molar-refractivity contribution is 5.23. The quantitative estimate of drug-likeness (QED) is 0.712. The Labute approximate surface area is 86.5 Å². The fourth-order valence-corrected chi connectivity index (χ4v) is 1.40. The molecule has 0 bridgehead atoms. The number of aryl methyl sites for hydroxylation is 1. The highest BCUT2D eigenvalue weighted by atomic mass is 14.9. The van der Waals surface area contributed by atoms with E-state index in [-0.39, 0.29) is 6.04 Å². The zero-order valence-electron chi connectivity index (χ0n) is 8.88. The molecule has 0 aliphatic heterocycles. The standard InChI is InChI=1S/C13H17N/c1-4-13(14-5-2)10-12-8-6-11(3)7-9-12/h1,6-9,13-14H,5,10H2,2-3H3. The maximum absolute atomic E-state index is 5.42. The lowest BCUT2D eigenvalue weighted by Crippen LogP contribution is -2.29. The van der Waals surface area contributed by atoms with Crippen molar-refractivity contribution in [2.45, 2.75) is 26.3 Å². The van der Waals surface area contributed by atoms with Crippen LogP contribution >= 0.6 is 0 Å². The highest BCUT2D eigenvalue weighted by Gasteiger charge is 2.03. The minimum absolute atomic E-state index is 0.155. The van der Waals surface area contributed by atoms with Crippen LogP contribution in [0.4, 0.5) is 0 Å². The van der Waals surface area contributed by atoms with Gasteiger partial charge in [-0.1, -0.05) is 42.7 Å². The van der Waals surface area contributed by atoms with Gasteiger partial charge in [0.25, 0.3) is 0 Å². The molecule has 0 aliphatic rings. The number of likely N-dealkylation sites (N-methyl/N-ethyl adjacent to an activating group) is 1. The molecule has 0 saturated heterocycles. The molecule has 1 aromatic rings. The molecular weight excluding hydrogens is 170 g/mol. The maximum atomic E-state index is 5.42. The summed E-state index contributed by atoms with van der Waals surface area (Å²) < 4.78 is 0. The molecule has 1 atom stereocenters. The van der Waals surface area contributed by atoms with Crippen LogP contribution in [0.2, 0.25) is 0 Å². The van der Waals surface area contributed by atoms with Crippen molar-refractivity contribution in [3.63, 3.8) is 0 Å². The van der Waals surface area contributed by atoms with Crippen molar-refractivity contribution in [3.8, 4) is 12.3 Å². The van der Waals surface area contributed by atoms with Gasteiger partial charge in [0.2, 0.25) is 0 Å². The molecule has 0 fully saturated rings. The van der Waals surface area contributed by atoms with E-state index < -0.39 is 0 Å². The summed E-state index contributed by atoms with van der Waals surface area (Å²) in [5.74, 6) is 2.75. The first-order valence-corrected chi connectivity index (χ1v) is 5.01. The van der Waals surface area contributed by atoms with Gasteiger partial charge in [-0.25, -0.2) is 0 Å². The first-order chi connectivity index (χ1) is 6.76. The molecule has 0 amide bonds. The Morgan fingerprint density at radius 1 is 1.36 bits per heavy atom. The SMILES string of the molecule is C#CC(Cc1ccc(C)cc1)NCC. The van der Waals surface area contributed by atoms with E-state index in [1.807, 2.05) is 0 Å². The summed E-state index contributed by atoms with van der Waals surface area (Å²) in [5.41, 5.74) is 2.58. The molecule has 74 valence electrons. The second-order valence-electron chi connectivity index (χ2n) is 3.47. The van der Waals surface area contributed by atoms with Gasteiger partial charge in [0, 0.05) is 0 Å². The molecule has 1 rings (SSSR count). The molecule has 0 heterocycles. The van der Waals surface area contributed by atoms with Crippen molar-refractivity contribution in [3.05, 3.63) is 35.4 Å². The Hall–Kier alpha value is -1.26. The third kappa shape index (κ3) is 3.24. The molecule has 14 heavy (non-hydrogen) atoms. The Bertz CT molecular complexity index is 305. The van der Waals surface area contributed by atoms with E-state index in [9.17, 15) is 0 Å². The molecular formula is C13H17N. The number of rotatable bonds is 4. The van der Waals surface area contributed by atoms with Crippen LogP contribution < -0.4 is 5.32 Å². The first kappa shape index (κ1) is 10.8. The smallest absolute Gasteiger partial charge is 0.0727 e. The van der Waals surface area contributed by atoms with Crippen LogP contribution in [0.15, 0.2) is 24.3 Å². The van der Waals surface area contributed by atoms with Gasteiger partial charge in [0.15, 0.2) is 0 Å². The summed E-state index contributed by atoms with van der Waals surface area (Å²) in [6.07, 6.45) is 6.33. The molecule has 1 unspecified atom stereocenters. The lowest BCUT2D eigenvalue weighted by Gasteiger charge is -2.11. The monoisotopic (exact) mass is 187 g/mol. The summed E-state index contributed by atoms with van der Waals surface area (Å²) in [6, 6.07) is 8.67. The predicted octanol–water partition coefficient (Wildman–Crippen LogP) is 2.15. The van der Waals surface area contributed by atoms with Crippen LogP contribution in [0.3, 0.4) is 0 Å². The van der Waals surface area contributed by atoms with Gasteiger partial charge >= 0.3 is 0 Å². The summed E-state index contributed by atoms with van der Waals surface area (Å²) in [4.78, 5) is 0. The number of benzene rings is 1. The van der Waals surface area contributed by atoms with Gasteiger partial charge in [-0.05, 0) is 25.5 Å². The summed E-state index contributed by atoms with van der Waals surface area (Å²) in [5, 5.41) is 3.26. The van der Waals surface area contributed by atoms with Gasteiger partial charge in [-0.15, -0.1) is 6.42 Å².